The zero-order valence-corrected chi connectivity index (χ0v) is 9.15. The number of rotatable bonds is 4. The summed E-state index contributed by atoms with van der Waals surface area (Å²) in [6.07, 6.45) is 0. The molecule has 0 radical (unpaired) electrons. The highest BCUT2D eigenvalue weighted by molar-refractivity contribution is 5.91. The first-order valence-corrected chi connectivity index (χ1v) is 4.96. The van der Waals surface area contributed by atoms with E-state index in [9.17, 15) is 9.59 Å². The minimum absolute atomic E-state index is 0.142. The molecule has 5 nitrogen and oxygen atoms in total. The van der Waals surface area contributed by atoms with Gasteiger partial charge in [0.25, 0.3) is 0 Å². The van der Waals surface area contributed by atoms with Gasteiger partial charge in [0, 0.05) is 6.04 Å². The van der Waals surface area contributed by atoms with Gasteiger partial charge in [-0.1, -0.05) is 13.8 Å². The van der Waals surface area contributed by atoms with Crippen LogP contribution in [0.4, 0.5) is 0 Å². The number of carboxylic acid groups (broad SMARTS) is 1. The maximum atomic E-state index is 11.6. The Labute approximate surface area is 88.5 Å². The summed E-state index contributed by atoms with van der Waals surface area (Å²) in [6.45, 7) is 5.05. The van der Waals surface area contributed by atoms with Crippen molar-refractivity contribution in [3.05, 3.63) is 0 Å². The average molecular weight is 215 g/mol. The first-order chi connectivity index (χ1) is 6.82. The number of hydrogen-bond donors (Lipinski definition) is 3. The average Bonchev–Trinajstić information content (AvgIpc) is 2.68. The number of nitrogens with one attached hydrogen (secondary N) is 1. The molecular formula is C10H17NO4. The van der Waals surface area contributed by atoms with E-state index in [1.54, 1.807) is 20.8 Å². The lowest BCUT2D eigenvalue weighted by atomic mass is 10.1. The van der Waals surface area contributed by atoms with Crippen LogP contribution in [0.25, 0.3) is 0 Å². The van der Waals surface area contributed by atoms with E-state index in [-0.39, 0.29) is 18.6 Å². The molecule has 0 aromatic rings. The summed E-state index contributed by atoms with van der Waals surface area (Å²) in [4.78, 5) is 22.4. The largest absolute Gasteiger partial charge is 0.481 e. The van der Waals surface area contributed by atoms with Gasteiger partial charge in [-0.25, -0.2) is 0 Å². The number of hydrogen-bond acceptors (Lipinski definition) is 3. The third-order valence-electron chi connectivity index (χ3n) is 3.04. The van der Waals surface area contributed by atoms with Crippen molar-refractivity contribution >= 4 is 11.9 Å². The standard InChI is InChI=1S/C10H17NO4/c1-5(4-12)11-8(13)6-7(9(14)15)10(6,2)3/h5-7,12H,4H2,1-3H3,(H,11,13)(H,14,15)/t5-,6+,7-/m0/s1. The number of aliphatic hydroxyl groups excluding tert-OH is 1. The van der Waals surface area contributed by atoms with Crippen LogP contribution in [0, 0.1) is 17.3 Å². The molecular weight excluding hydrogens is 198 g/mol. The number of carbonyl (C=O) groups excluding carboxylic acids is 1. The fourth-order valence-electron chi connectivity index (χ4n) is 1.97. The van der Waals surface area contributed by atoms with Gasteiger partial charge in [-0.2, -0.15) is 0 Å². The highest BCUT2D eigenvalue weighted by Crippen LogP contribution is 2.58. The Balaban J connectivity index is 2.60. The molecule has 86 valence electrons. The minimum Gasteiger partial charge on any atom is -0.481 e. The Morgan fingerprint density at radius 2 is 1.93 bits per heavy atom. The van der Waals surface area contributed by atoms with Crippen molar-refractivity contribution in [1.29, 1.82) is 0 Å². The number of carboxylic acids is 1. The molecule has 1 saturated carbocycles. The zero-order chi connectivity index (χ0) is 11.8. The lowest BCUT2D eigenvalue weighted by Crippen LogP contribution is -2.37. The lowest BCUT2D eigenvalue weighted by molar-refractivity contribution is -0.140. The molecule has 0 bridgehead atoms. The van der Waals surface area contributed by atoms with E-state index < -0.39 is 23.2 Å². The van der Waals surface area contributed by atoms with Crippen molar-refractivity contribution in [2.75, 3.05) is 6.61 Å². The van der Waals surface area contributed by atoms with Crippen LogP contribution in [-0.2, 0) is 9.59 Å². The van der Waals surface area contributed by atoms with Crippen LogP contribution < -0.4 is 5.32 Å². The Morgan fingerprint density at radius 1 is 1.40 bits per heavy atom. The molecule has 5 heteroatoms. The molecule has 1 fully saturated rings. The van der Waals surface area contributed by atoms with Crippen LogP contribution in [0.1, 0.15) is 20.8 Å². The topological polar surface area (TPSA) is 86.6 Å². The molecule has 0 aromatic carbocycles. The third kappa shape index (κ3) is 2.12. The fourth-order valence-corrected chi connectivity index (χ4v) is 1.97. The summed E-state index contributed by atoms with van der Waals surface area (Å²) in [7, 11) is 0. The molecule has 1 aliphatic carbocycles. The third-order valence-corrected chi connectivity index (χ3v) is 3.04. The van der Waals surface area contributed by atoms with E-state index in [4.69, 9.17) is 10.2 Å². The molecule has 0 unspecified atom stereocenters. The maximum Gasteiger partial charge on any atom is 0.307 e. The Hall–Kier alpha value is -1.10. The SMILES string of the molecule is C[C@@H](CO)NC(=O)[C@H]1[C@@H](C(=O)O)C1(C)C. The quantitative estimate of drug-likeness (QED) is 0.608. The second kappa shape index (κ2) is 3.81. The molecule has 3 N–H and O–H groups in total. The zero-order valence-electron chi connectivity index (χ0n) is 9.15. The van der Waals surface area contributed by atoms with Crippen LogP contribution in [-0.4, -0.2) is 34.7 Å². The van der Waals surface area contributed by atoms with Gasteiger partial charge >= 0.3 is 5.97 Å². The van der Waals surface area contributed by atoms with Crippen molar-refractivity contribution in [3.8, 4) is 0 Å². The lowest BCUT2D eigenvalue weighted by Gasteiger charge is -2.11. The van der Waals surface area contributed by atoms with Crippen LogP contribution in [0.2, 0.25) is 0 Å². The number of aliphatic carboxylic acids is 1. The first-order valence-electron chi connectivity index (χ1n) is 4.96. The van der Waals surface area contributed by atoms with Crippen molar-refractivity contribution in [2.45, 2.75) is 26.8 Å². The molecule has 0 aliphatic heterocycles. The van der Waals surface area contributed by atoms with Crippen molar-refractivity contribution in [1.82, 2.24) is 5.32 Å². The summed E-state index contributed by atoms with van der Waals surface area (Å²) < 4.78 is 0. The summed E-state index contributed by atoms with van der Waals surface area (Å²) in [5, 5.41) is 20.2. The van der Waals surface area contributed by atoms with Crippen molar-refractivity contribution < 1.29 is 19.8 Å². The fraction of sp³-hybridized carbons (Fsp3) is 0.800. The van der Waals surface area contributed by atoms with E-state index in [0.29, 0.717) is 0 Å². The molecule has 3 atom stereocenters. The van der Waals surface area contributed by atoms with E-state index in [2.05, 4.69) is 5.32 Å². The summed E-state index contributed by atoms with van der Waals surface area (Å²) >= 11 is 0. The van der Waals surface area contributed by atoms with Gasteiger partial charge in [0.15, 0.2) is 0 Å². The Kier molecular flexibility index (Phi) is 3.04. The van der Waals surface area contributed by atoms with E-state index in [1.807, 2.05) is 0 Å². The van der Waals surface area contributed by atoms with Gasteiger partial charge < -0.3 is 15.5 Å². The van der Waals surface area contributed by atoms with Gasteiger partial charge in [-0.15, -0.1) is 0 Å². The van der Waals surface area contributed by atoms with Crippen LogP contribution in [0.5, 0.6) is 0 Å². The normalized spacial score (nSPS) is 29.3. The predicted octanol–water partition coefficient (Wildman–Crippen LogP) is -0.160. The van der Waals surface area contributed by atoms with Crippen molar-refractivity contribution in [2.24, 2.45) is 17.3 Å². The van der Waals surface area contributed by atoms with Gasteiger partial charge in [0.05, 0.1) is 18.4 Å². The van der Waals surface area contributed by atoms with Crippen LogP contribution >= 0.6 is 0 Å². The van der Waals surface area contributed by atoms with Crippen molar-refractivity contribution in [3.63, 3.8) is 0 Å². The highest BCUT2D eigenvalue weighted by Gasteiger charge is 2.65. The number of aliphatic hydroxyl groups is 1. The molecule has 0 spiro atoms. The smallest absolute Gasteiger partial charge is 0.307 e. The van der Waals surface area contributed by atoms with E-state index >= 15 is 0 Å². The predicted molar refractivity (Wildman–Crippen MR) is 53.1 cm³/mol. The summed E-state index contributed by atoms with van der Waals surface area (Å²) in [5.74, 6) is -2.31. The van der Waals surface area contributed by atoms with Gasteiger partial charge in [0.1, 0.15) is 0 Å². The molecule has 0 heterocycles. The molecule has 1 rings (SSSR count). The first kappa shape index (κ1) is 12.0. The summed E-state index contributed by atoms with van der Waals surface area (Å²) in [5.41, 5.74) is -0.481. The van der Waals surface area contributed by atoms with Crippen LogP contribution in [0.3, 0.4) is 0 Å². The Bertz CT molecular complexity index is 287. The Morgan fingerprint density at radius 3 is 2.27 bits per heavy atom. The number of carbonyl (C=O) groups is 2. The van der Waals surface area contributed by atoms with E-state index in [1.165, 1.54) is 0 Å². The molecule has 0 saturated heterocycles. The van der Waals surface area contributed by atoms with Gasteiger partial charge in [0.2, 0.25) is 5.91 Å². The molecule has 15 heavy (non-hydrogen) atoms. The maximum absolute atomic E-state index is 11.6. The molecule has 0 aromatic heterocycles. The second-order valence-electron chi connectivity index (χ2n) is 4.71. The highest BCUT2D eigenvalue weighted by atomic mass is 16.4. The van der Waals surface area contributed by atoms with E-state index in [0.717, 1.165) is 0 Å². The monoisotopic (exact) mass is 215 g/mol. The minimum atomic E-state index is -0.934. The van der Waals surface area contributed by atoms with Crippen LogP contribution in [0.15, 0.2) is 0 Å². The molecule has 1 aliphatic rings. The summed E-state index contributed by atoms with van der Waals surface area (Å²) in [6, 6.07) is -0.330. The second-order valence-corrected chi connectivity index (χ2v) is 4.71. The number of amides is 1. The van der Waals surface area contributed by atoms with Gasteiger partial charge in [-0.3, -0.25) is 9.59 Å². The molecule has 1 amide bonds. The van der Waals surface area contributed by atoms with Gasteiger partial charge in [-0.05, 0) is 12.3 Å².